The molecule has 1 N–H and O–H groups in total. The van der Waals surface area contributed by atoms with Gasteiger partial charge in [-0.05, 0) is 30.3 Å². The van der Waals surface area contributed by atoms with E-state index in [1.807, 2.05) is 18.2 Å². The second-order valence-electron chi connectivity index (χ2n) is 5.90. The van der Waals surface area contributed by atoms with E-state index in [4.69, 9.17) is 9.26 Å². The lowest BCUT2D eigenvalue weighted by Crippen LogP contribution is -2.32. The number of fused-ring (bicyclic) bond motifs is 1. The summed E-state index contributed by atoms with van der Waals surface area (Å²) in [6.45, 7) is 0.513. The van der Waals surface area contributed by atoms with Gasteiger partial charge in [0.1, 0.15) is 11.6 Å². The van der Waals surface area contributed by atoms with Crippen LogP contribution in [0.3, 0.4) is 0 Å². The monoisotopic (exact) mass is 416 g/mol. The standard InChI is InChI=1S/C19H14BrFN2O3/c20-11-5-6-17-13(9-11)15(7-8-25-17)22-19(24)16-10-18(26-23-16)12-3-1-2-4-14(12)21/h1-6,9-10,15H,7-8H2,(H,22,24). The number of nitrogens with zero attached hydrogens (tertiary/aromatic N) is 1. The fourth-order valence-electron chi connectivity index (χ4n) is 2.92. The molecule has 2 heterocycles. The van der Waals surface area contributed by atoms with Crippen LogP contribution < -0.4 is 10.1 Å². The normalized spacial score (nSPS) is 15.8. The molecule has 1 aliphatic heterocycles. The van der Waals surface area contributed by atoms with E-state index in [0.717, 1.165) is 15.8 Å². The molecule has 0 saturated heterocycles. The minimum Gasteiger partial charge on any atom is -0.493 e. The second kappa shape index (κ2) is 6.92. The third kappa shape index (κ3) is 3.22. The molecule has 0 radical (unpaired) electrons. The number of carbonyl (C=O) groups excluding carboxylic acids is 1. The zero-order valence-corrected chi connectivity index (χ0v) is 15.1. The summed E-state index contributed by atoms with van der Waals surface area (Å²) in [6, 6.07) is 13.1. The van der Waals surface area contributed by atoms with Crippen molar-refractivity contribution in [2.24, 2.45) is 0 Å². The summed E-state index contributed by atoms with van der Waals surface area (Å²) in [5.41, 5.74) is 1.27. The third-order valence-corrected chi connectivity index (χ3v) is 4.69. The summed E-state index contributed by atoms with van der Waals surface area (Å²) in [4.78, 5) is 12.6. The quantitative estimate of drug-likeness (QED) is 0.682. The van der Waals surface area contributed by atoms with Crippen LogP contribution in [0, 0.1) is 5.82 Å². The van der Waals surface area contributed by atoms with Crippen LogP contribution in [0.15, 0.2) is 57.5 Å². The Hall–Kier alpha value is -2.67. The van der Waals surface area contributed by atoms with Crippen molar-refractivity contribution in [1.82, 2.24) is 10.5 Å². The number of hydrogen-bond donors (Lipinski definition) is 1. The maximum Gasteiger partial charge on any atom is 0.273 e. The first-order valence-corrected chi connectivity index (χ1v) is 8.86. The number of benzene rings is 2. The van der Waals surface area contributed by atoms with Crippen LogP contribution in [0.25, 0.3) is 11.3 Å². The van der Waals surface area contributed by atoms with Crippen molar-refractivity contribution in [2.75, 3.05) is 6.61 Å². The van der Waals surface area contributed by atoms with Crippen LogP contribution in [0.1, 0.15) is 28.5 Å². The maximum atomic E-state index is 13.9. The Kier molecular flexibility index (Phi) is 4.46. The molecule has 4 rings (SSSR count). The number of halogens is 2. The number of hydrogen-bond acceptors (Lipinski definition) is 4. The van der Waals surface area contributed by atoms with Gasteiger partial charge in [-0.3, -0.25) is 4.79 Å². The van der Waals surface area contributed by atoms with E-state index in [1.165, 1.54) is 12.1 Å². The topological polar surface area (TPSA) is 64.4 Å². The number of carbonyl (C=O) groups is 1. The minimum absolute atomic E-state index is 0.103. The Bertz CT molecular complexity index is 973. The fraction of sp³-hybridized carbons (Fsp3) is 0.158. The van der Waals surface area contributed by atoms with Crippen molar-refractivity contribution in [2.45, 2.75) is 12.5 Å². The average Bonchev–Trinajstić information content (AvgIpc) is 3.12. The Labute approximate surface area is 157 Å². The Balaban J connectivity index is 1.55. The summed E-state index contributed by atoms with van der Waals surface area (Å²) in [7, 11) is 0. The van der Waals surface area contributed by atoms with Gasteiger partial charge in [0.15, 0.2) is 11.5 Å². The van der Waals surface area contributed by atoms with Crippen LogP contribution in [0.4, 0.5) is 4.39 Å². The van der Waals surface area contributed by atoms with E-state index >= 15 is 0 Å². The first-order valence-electron chi connectivity index (χ1n) is 8.06. The van der Waals surface area contributed by atoms with Gasteiger partial charge in [-0.1, -0.05) is 33.2 Å². The highest BCUT2D eigenvalue weighted by Gasteiger charge is 2.25. The molecule has 132 valence electrons. The largest absolute Gasteiger partial charge is 0.493 e. The molecule has 0 aliphatic carbocycles. The molecule has 1 aliphatic rings. The predicted octanol–water partition coefficient (Wildman–Crippen LogP) is 4.50. The smallest absolute Gasteiger partial charge is 0.273 e. The molecule has 3 aromatic rings. The molecule has 0 bridgehead atoms. The molecular formula is C19H14BrFN2O3. The Morgan fingerprint density at radius 2 is 2.08 bits per heavy atom. The molecule has 1 atom stereocenters. The molecule has 0 spiro atoms. The molecular weight excluding hydrogens is 403 g/mol. The molecule has 26 heavy (non-hydrogen) atoms. The minimum atomic E-state index is -0.432. The van der Waals surface area contributed by atoms with E-state index in [9.17, 15) is 9.18 Å². The molecule has 1 amide bonds. The third-order valence-electron chi connectivity index (χ3n) is 4.20. The van der Waals surface area contributed by atoms with E-state index in [1.54, 1.807) is 18.2 Å². The lowest BCUT2D eigenvalue weighted by Gasteiger charge is -2.26. The maximum absolute atomic E-state index is 13.9. The molecule has 0 fully saturated rings. The summed E-state index contributed by atoms with van der Waals surface area (Å²) in [6.07, 6.45) is 0.646. The zero-order valence-electron chi connectivity index (χ0n) is 13.5. The number of nitrogens with one attached hydrogen (secondary N) is 1. The van der Waals surface area contributed by atoms with Gasteiger partial charge in [0.05, 0.1) is 18.2 Å². The number of aromatic nitrogens is 1. The predicted molar refractivity (Wildman–Crippen MR) is 96.4 cm³/mol. The van der Waals surface area contributed by atoms with Crippen LogP contribution in [-0.4, -0.2) is 17.7 Å². The molecule has 1 aromatic heterocycles. The molecule has 0 saturated carbocycles. The first-order chi connectivity index (χ1) is 12.6. The van der Waals surface area contributed by atoms with Crippen LogP contribution in [0.2, 0.25) is 0 Å². The van der Waals surface area contributed by atoms with Crippen LogP contribution >= 0.6 is 15.9 Å². The van der Waals surface area contributed by atoms with Crippen molar-refractivity contribution < 1.29 is 18.4 Å². The molecule has 7 heteroatoms. The van der Waals surface area contributed by atoms with Gasteiger partial charge in [0.2, 0.25) is 0 Å². The Morgan fingerprint density at radius 3 is 2.92 bits per heavy atom. The first kappa shape index (κ1) is 16.8. The highest BCUT2D eigenvalue weighted by atomic mass is 79.9. The zero-order chi connectivity index (χ0) is 18.1. The average molecular weight is 417 g/mol. The molecule has 2 aromatic carbocycles. The van der Waals surface area contributed by atoms with E-state index < -0.39 is 5.82 Å². The highest BCUT2D eigenvalue weighted by molar-refractivity contribution is 9.10. The molecule has 5 nitrogen and oxygen atoms in total. The van der Waals surface area contributed by atoms with Crippen molar-refractivity contribution in [1.29, 1.82) is 0 Å². The van der Waals surface area contributed by atoms with Crippen LogP contribution in [-0.2, 0) is 0 Å². The summed E-state index contributed by atoms with van der Waals surface area (Å²) < 4.78 is 25.5. The van der Waals surface area contributed by atoms with Gasteiger partial charge in [-0.25, -0.2) is 4.39 Å². The van der Waals surface area contributed by atoms with E-state index in [0.29, 0.717) is 13.0 Å². The van der Waals surface area contributed by atoms with Crippen molar-refractivity contribution in [3.8, 4) is 17.1 Å². The number of rotatable bonds is 3. The number of amides is 1. The Morgan fingerprint density at radius 1 is 1.23 bits per heavy atom. The fourth-order valence-corrected chi connectivity index (χ4v) is 3.30. The highest BCUT2D eigenvalue weighted by Crippen LogP contribution is 2.34. The van der Waals surface area contributed by atoms with Gasteiger partial charge >= 0.3 is 0 Å². The lowest BCUT2D eigenvalue weighted by atomic mass is 10.0. The van der Waals surface area contributed by atoms with Crippen LogP contribution in [0.5, 0.6) is 5.75 Å². The summed E-state index contributed by atoms with van der Waals surface area (Å²) in [5, 5.41) is 6.72. The SMILES string of the molecule is O=C(NC1CCOc2ccc(Br)cc21)c1cc(-c2ccccc2F)on1. The van der Waals surface area contributed by atoms with Crippen molar-refractivity contribution in [3.05, 3.63) is 70.1 Å². The van der Waals surface area contributed by atoms with Crippen molar-refractivity contribution in [3.63, 3.8) is 0 Å². The van der Waals surface area contributed by atoms with Gasteiger partial charge in [-0.2, -0.15) is 0 Å². The second-order valence-corrected chi connectivity index (χ2v) is 6.82. The van der Waals surface area contributed by atoms with Gasteiger partial charge in [0, 0.05) is 22.5 Å². The molecule has 1 unspecified atom stereocenters. The van der Waals surface area contributed by atoms with Gasteiger partial charge < -0.3 is 14.6 Å². The van der Waals surface area contributed by atoms with Gasteiger partial charge in [-0.15, -0.1) is 0 Å². The van der Waals surface area contributed by atoms with E-state index in [2.05, 4.69) is 26.4 Å². The summed E-state index contributed by atoms with van der Waals surface area (Å²) in [5.74, 6) is 0.147. The lowest BCUT2D eigenvalue weighted by molar-refractivity contribution is 0.0915. The van der Waals surface area contributed by atoms with Gasteiger partial charge in [0.25, 0.3) is 5.91 Å². The summed E-state index contributed by atoms with van der Waals surface area (Å²) >= 11 is 3.43. The van der Waals surface area contributed by atoms with Crippen molar-refractivity contribution >= 4 is 21.8 Å². The van der Waals surface area contributed by atoms with E-state index in [-0.39, 0.29) is 29.0 Å². The number of ether oxygens (including phenoxy) is 1.